The molecular weight excluding hydrogens is 188 g/mol. The minimum Gasteiger partial charge on any atom is -0.353 e. The first-order valence-electron chi connectivity index (χ1n) is 5.93. The maximum Gasteiger partial charge on any atom is 0.221 e. The number of amides is 1. The molecule has 0 bridgehead atoms. The summed E-state index contributed by atoms with van der Waals surface area (Å²) in [5.74, 6) is 0.913. The van der Waals surface area contributed by atoms with Crippen molar-refractivity contribution in [2.24, 2.45) is 5.92 Å². The van der Waals surface area contributed by atoms with E-state index in [2.05, 4.69) is 38.3 Å². The van der Waals surface area contributed by atoms with Gasteiger partial charge < -0.3 is 10.6 Å². The molecule has 3 heteroatoms. The third-order valence-electron chi connectivity index (χ3n) is 2.73. The Morgan fingerprint density at radius 1 is 1.40 bits per heavy atom. The van der Waals surface area contributed by atoms with Crippen LogP contribution in [0.3, 0.4) is 0 Å². The first kappa shape index (κ1) is 12.5. The van der Waals surface area contributed by atoms with Gasteiger partial charge in [-0.2, -0.15) is 0 Å². The Bertz CT molecular complexity index is 216. The third-order valence-corrected chi connectivity index (χ3v) is 2.73. The first-order valence-corrected chi connectivity index (χ1v) is 5.93. The zero-order valence-corrected chi connectivity index (χ0v) is 10.4. The van der Waals surface area contributed by atoms with Gasteiger partial charge in [0, 0.05) is 24.5 Å². The SMILES string of the molecule is CC(NC(=O)CCNC(C)(C)C)C1CC1. The fraction of sp³-hybridized carbons (Fsp3) is 0.917. The molecule has 0 heterocycles. The van der Waals surface area contributed by atoms with Crippen LogP contribution in [0.5, 0.6) is 0 Å². The minimum atomic E-state index is 0.0996. The molecule has 3 nitrogen and oxygen atoms in total. The lowest BCUT2D eigenvalue weighted by Gasteiger charge is -2.20. The number of hydrogen-bond acceptors (Lipinski definition) is 2. The summed E-state index contributed by atoms with van der Waals surface area (Å²) >= 11 is 0. The van der Waals surface area contributed by atoms with Crippen molar-refractivity contribution in [1.82, 2.24) is 10.6 Å². The van der Waals surface area contributed by atoms with Crippen LogP contribution in [0.15, 0.2) is 0 Å². The average Bonchev–Trinajstić information content (AvgIpc) is 2.82. The largest absolute Gasteiger partial charge is 0.353 e. The summed E-state index contributed by atoms with van der Waals surface area (Å²) < 4.78 is 0. The molecule has 1 aliphatic rings. The lowest BCUT2D eigenvalue weighted by atomic mass is 10.1. The summed E-state index contributed by atoms with van der Waals surface area (Å²) in [6.07, 6.45) is 3.14. The summed E-state index contributed by atoms with van der Waals surface area (Å²) in [6.45, 7) is 9.19. The van der Waals surface area contributed by atoms with Crippen molar-refractivity contribution in [2.75, 3.05) is 6.54 Å². The van der Waals surface area contributed by atoms with Crippen LogP contribution in [0.1, 0.15) is 47.0 Å². The fourth-order valence-electron chi connectivity index (χ4n) is 1.59. The van der Waals surface area contributed by atoms with Crippen LogP contribution >= 0.6 is 0 Å². The summed E-state index contributed by atoms with van der Waals surface area (Å²) in [5.41, 5.74) is 0.0996. The standard InChI is InChI=1S/C12H24N2O/c1-9(10-5-6-10)14-11(15)7-8-13-12(2,3)4/h9-10,13H,5-8H2,1-4H3,(H,14,15). The molecule has 1 rings (SSSR count). The molecule has 15 heavy (non-hydrogen) atoms. The van der Waals surface area contributed by atoms with Gasteiger partial charge in [0.25, 0.3) is 0 Å². The van der Waals surface area contributed by atoms with E-state index in [1.54, 1.807) is 0 Å². The minimum absolute atomic E-state index is 0.0996. The molecule has 0 radical (unpaired) electrons. The highest BCUT2D eigenvalue weighted by atomic mass is 16.1. The zero-order valence-electron chi connectivity index (χ0n) is 10.4. The van der Waals surface area contributed by atoms with E-state index in [1.807, 2.05) is 0 Å². The Kier molecular flexibility index (Phi) is 4.14. The van der Waals surface area contributed by atoms with Crippen LogP contribution in [-0.2, 0) is 4.79 Å². The Morgan fingerprint density at radius 3 is 2.47 bits per heavy atom. The van der Waals surface area contributed by atoms with Gasteiger partial charge in [0.1, 0.15) is 0 Å². The molecule has 0 aliphatic heterocycles. The highest BCUT2D eigenvalue weighted by Crippen LogP contribution is 2.32. The van der Waals surface area contributed by atoms with E-state index in [1.165, 1.54) is 12.8 Å². The Labute approximate surface area is 93.0 Å². The second-order valence-electron chi connectivity index (χ2n) is 5.62. The van der Waals surface area contributed by atoms with Crippen LogP contribution in [0.4, 0.5) is 0 Å². The van der Waals surface area contributed by atoms with E-state index in [0.717, 1.165) is 12.5 Å². The third kappa shape index (κ3) is 5.78. The zero-order chi connectivity index (χ0) is 11.5. The first-order chi connectivity index (χ1) is 6.88. The van der Waals surface area contributed by atoms with Gasteiger partial charge >= 0.3 is 0 Å². The van der Waals surface area contributed by atoms with E-state index in [0.29, 0.717) is 12.5 Å². The quantitative estimate of drug-likeness (QED) is 0.728. The van der Waals surface area contributed by atoms with Gasteiger partial charge in [-0.1, -0.05) is 0 Å². The second-order valence-corrected chi connectivity index (χ2v) is 5.62. The second kappa shape index (κ2) is 4.97. The molecule has 0 aromatic rings. The van der Waals surface area contributed by atoms with Crippen molar-refractivity contribution in [2.45, 2.75) is 58.5 Å². The highest BCUT2D eigenvalue weighted by Gasteiger charge is 2.28. The van der Waals surface area contributed by atoms with Crippen LogP contribution in [0.2, 0.25) is 0 Å². The maximum absolute atomic E-state index is 11.5. The van der Waals surface area contributed by atoms with Crippen LogP contribution in [0, 0.1) is 5.92 Å². The van der Waals surface area contributed by atoms with Crippen LogP contribution < -0.4 is 10.6 Å². The predicted molar refractivity (Wildman–Crippen MR) is 62.7 cm³/mol. The molecule has 1 saturated carbocycles. The molecule has 0 aromatic carbocycles. The topological polar surface area (TPSA) is 41.1 Å². The van der Waals surface area contributed by atoms with Gasteiger partial charge in [0.15, 0.2) is 0 Å². The molecule has 1 aliphatic carbocycles. The molecule has 0 spiro atoms. The molecule has 1 unspecified atom stereocenters. The molecule has 0 aromatic heterocycles. The van der Waals surface area contributed by atoms with Crippen molar-refractivity contribution in [3.05, 3.63) is 0 Å². The van der Waals surface area contributed by atoms with Crippen LogP contribution in [-0.4, -0.2) is 24.0 Å². The van der Waals surface area contributed by atoms with Crippen molar-refractivity contribution in [3.63, 3.8) is 0 Å². The average molecular weight is 212 g/mol. The number of hydrogen-bond donors (Lipinski definition) is 2. The normalized spacial score (nSPS) is 18.7. The van der Waals surface area contributed by atoms with Crippen molar-refractivity contribution < 1.29 is 4.79 Å². The summed E-state index contributed by atoms with van der Waals surface area (Å²) in [4.78, 5) is 11.5. The fourth-order valence-corrected chi connectivity index (χ4v) is 1.59. The van der Waals surface area contributed by atoms with Gasteiger partial charge in [-0.3, -0.25) is 4.79 Å². The number of rotatable bonds is 5. The Hall–Kier alpha value is -0.570. The smallest absolute Gasteiger partial charge is 0.221 e. The molecule has 88 valence electrons. The molecule has 1 atom stereocenters. The summed E-state index contributed by atoms with van der Waals surface area (Å²) in [7, 11) is 0. The number of carbonyl (C=O) groups excluding carboxylic acids is 1. The molecule has 0 saturated heterocycles. The highest BCUT2D eigenvalue weighted by molar-refractivity contribution is 5.76. The van der Waals surface area contributed by atoms with Crippen molar-refractivity contribution in [1.29, 1.82) is 0 Å². The molecule has 2 N–H and O–H groups in total. The maximum atomic E-state index is 11.5. The van der Waals surface area contributed by atoms with Gasteiger partial charge in [-0.25, -0.2) is 0 Å². The molecule has 1 fully saturated rings. The van der Waals surface area contributed by atoms with Crippen LogP contribution in [0.25, 0.3) is 0 Å². The van der Waals surface area contributed by atoms with Crippen molar-refractivity contribution in [3.8, 4) is 0 Å². The van der Waals surface area contributed by atoms with E-state index >= 15 is 0 Å². The Balaban J connectivity index is 2.07. The lowest BCUT2D eigenvalue weighted by molar-refractivity contribution is -0.121. The van der Waals surface area contributed by atoms with Gasteiger partial charge in [-0.05, 0) is 46.5 Å². The number of nitrogens with one attached hydrogen (secondary N) is 2. The van der Waals surface area contributed by atoms with Gasteiger partial charge in [-0.15, -0.1) is 0 Å². The predicted octanol–water partition coefficient (Wildman–Crippen LogP) is 1.68. The molecule has 1 amide bonds. The van der Waals surface area contributed by atoms with E-state index in [4.69, 9.17) is 0 Å². The summed E-state index contributed by atoms with van der Waals surface area (Å²) in [5, 5.41) is 6.36. The summed E-state index contributed by atoms with van der Waals surface area (Å²) in [6, 6.07) is 0.368. The lowest BCUT2D eigenvalue weighted by Crippen LogP contribution is -2.40. The van der Waals surface area contributed by atoms with E-state index in [9.17, 15) is 4.79 Å². The Morgan fingerprint density at radius 2 is 2.00 bits per heavy atom. The number of carbonyl (C=O) groups is 1. The monoisotopic (exact) mass is 212 g/mol. The van der Waals surface area contributed by atoms with E-state index in [-0.39, 0.29) is 11.4 Å². The van der Waals surface area contributed by atoms with Crippen molar-refractivity contribution >= 4 is 5.91 Å². The van der Waals surface area contributed by atoms with Gasteiger partial charge in [0.2, 0.25) is 5.91 Å². The van der Waals surface area contributed by atoms with Gasteiger partial charge in [0.05, 0.1) is 0 Å². The molecular formula is C12H24N2O. The van der Waals surface area contributed by atoms with E-state index < -0.39 is 0 Å².